The van der Waals surface area contributed by atoms with E-state index in [1.54, 1.807) is 24.3 Å². The first kappa shape index (κ1) is 33.6. The Bertz CT molecular complexity index is 1600. The maximum Gasteiger partial charge on any atom is 0.415 e. The molecule has 1 aliphatic heterocycles. The summed E-state index contributed by atoms with van der Waals surface area (Å²) < 4.78 is 34.1. The Morgan fingerprint density at radius 1 is 1.07 bits per heavy atom. The van der Waals surface area contributed by atoms with E-state index in [4.69, 9.17) is 10.5 Å². The third-order valence-corrected chi connectivity index (χ3v) is 9.73. The van der Waals surface area contributed by atoms with E-state index in [1.165, 1.54) is 40.4 Å². The number of ether oxygens (including phenoxy) is 1. The number of aliphatic hydroxyl groups excluding tert-OH is 1. The van der Waals surface area contributed by atoms with Gasteiger partial charge in [-0.15, -0.1) is 0 Å². The summed E-state index contributed by atoms with van der Waals surface area (Å²) in [6.45, 7) is 5.06. The zero-order valence-electron chi connectivity index (χ0n) is 25.6. The second-order valence-electron chi connectivity index (χ2n) is 11.4. The van der Waals surface area contributed by atoms with Crippen molar-refractivity contribution in [2.24, 2.45) is 5.92 Å². The van der Waals surface area contributed by atoms with Crippen LogP contribution < -0.4 is 16.0 Å². The Morgan fingerprint density at radius 2 is 1.76 bits per heavy atom. The van der Waals surface area contributed by atoms with Gasteiger partial charge in [0.2, 0.25) is 10.0 Å². The summed E-state index contributed by atoms with van der Waals surface area (Å²) in [6, 6.07) is 20.6. The second-order valence-corrected chi connectivity index (χ2v) is 13.3. The summed E-state index contributed by atoms with van der Waals surface area (Å²) in [5.74, 6) is -0.811. The van der Waals surface area contributed by atoms with Gasteiger partial charge >= 0.3 is 6.09 Å². The molecule has 1 fully saturated rings. The minimum absolute atomic E-state index is 0.00619. The monoisotopic (exact) mass is 636 g/mol. The molecule has 3 aromatic rings. The fraction of sp³-hybridized carbons (Fsp3) is 0.364. The Balaban J connectivity index is 1.56. The highest BCUT2D eigenvalue weighted by Gasteiger charge is 2.39. The molecule has 11 nitrogen and oxygen atoms in total. The van der Waals surface area contributed by atoms with E-state index in [9.17, 15) is 27.9 Å². The van der Waals surface area contributed by atoms with E-state index in [0.717, 1.165) is 5.56 Å². The van der Waals surface area contributed by atoms with Crippen LogP contribution >= 0.6 is 0 Å². The van der Waals surface area contributed by atoms with Gasteiger partial charge in [0.1, 0.15) is 0 Å². The fourth-order valence-electron chi connectivity index (χ4n) is 5.00. The van der Waals surface area contributed by atoms with E-state index >= 15 is 0 Å². The number of amides is 2. The first-order valence-corrected chi connectivity index (χ1v) is 16.3. The van der Waals surface area contributed by atoms with Crippen molar-refractivity contribution in [1.29, 1.82) is 0 Å². The predicted octanol–water partition coefficient (Wildman–Crippen LogP) is 3.62. The number of cyclic esters (lactones) is 1. The third-order valence-electron chi connectivity index (χ3n) is 7.88. The van der Waals surface area contributed by atoms with E-state index in [1.807, 2.05) is 44.2 Å². The number of hydrogen-bond acceptors (Lipinski definition) is 8. The smallest absolute Gasteiger partial charge is 0.415 e. The Kier molecular flexibility index (Phi) is 11.0. The van der Waals surface area contributed by atoms with Crippen LogP contribution in [0.1, 0.15) is 43.1 Å². The maximum absolute atomic E-state index is 13.7. The lowest BCUT2D eigenvalue weighted by Gasteiger charge is -2.31. The number of hydrogen-bond donors (Lipinski definition) is 3. The molecule has 0 saturated carbocycles. The molecule has 0 spiro atoms. The molecule has 0 aromatic heterocycles. The SMILES string of the molecule is CC[C@H](C)CN(C[C@@H](O)[C@H](Cc1ccccc1)NC(=O)[C@@H]1CN(c2cccc(C(C)=O)c2)C(=O)O1)S(=O)(=O)c1ccc(N)cc1. The molecule has 4 atom stereocenters. The number of carbonyl (C=O) groups excluding carboxylic acids is 3. The molecular weight excluding hydrogens is 596 g/mol. The summed E-state index contributed by atoms with van der Waals surface area (Å²) in [5.41, 5.74) is 7.83. The van der Waals surface area contributed by atoms with Crippen molar-refractivity contribution in [3.63, 3.8) is 0 Å². The summed E-state index contributed by atoms with van der Waals surface area (Å²) in [6.07, 6.45) is -2.35. The Labute approximate surface area is 264 Å². The van der Waals surface area contributed by atoms with Gasteiger partial charge < -0.3 is 20.9 Å². The van der Waals surface area contributed by atoms with Crippen LogP contribution in [0.5, 0.6) is 0 Å². The number of anilines is 2. The number of nitrogens with zero attached hydrogens (tertiary/aromatic N) is 2. The number of ketones is 1. The van der Waals surface area contributed by atoms with Crippen molar-refractivity contribution < 1.29 is 32.6 Å². The van der Waals surface area contributed by atoms with Crippen molar-refractivity contribution in [3.05, 3.63) is 90.0 Å². The van der Waals surface area contributed by atoms with Gasteiger partial charge in [-0.1, -0.05) is 62.7 Å². The van der Waals surface area contributed by atoms with Crippen LogP contribution in [-0.4, -0.2) is 73.5 Å². The molecule has 1 aliphatic rings. The largest absolute Gasteiger partial charge is 0.434 e. The zero-order chi connectivity index (χ0) is 32.7. The summed E-state index contributed by atoms with van der Waals surface area (Å²) in [4.78, 5) is 39.4. The maximum atomic E-state index is 13.7. The summed E-state index contributed by atoms with van der Waals surface area (Å²) in [5, 5.41) is 14.4. The second kappa shape index (κ2) is 14.7. The molecule has 4 rings (SSSR count). The van der Waals surface area contributed by atoms with Gasteiger partial charge in [-0.2, -0.15) is 4.31 Å². The average Bonchev–Trinajstić information content (AvgIpc) is 3.42. The molecule has 0 aliphatic carbocycles. The molecule has 0 unspecified atom stereocenters. The first-order valence-electron chi connectivity index (χ1n) is 14.9. The zero-order valence-corrected chi connectivity index (χ0v) is 26.4. The number of nitrogens with one attached hydrogen (secondary N) is 1. The lowest BCUT2D eigenvalue weighted by Crippen LogP contribution is -2.53. The van der Waals surface area contributed by atoms with Crippen LogP contribution in [0.25, 0.3) is 0 Å². The van der Waals surface area contributed by atoms with Gasteiger partial charge in [-0.3, -0.25) is 14.5 Å². The van der Waals surface area contributed by atoms with Crippen molar-refractivity contribution in [2.75, 3.05) is 30.3 Å². The number of nitrogens with two attached hydrogens (primary N) is 1. The predicted molar refractivity (Wildman–Crippen MR) is 171 cm³/mol. The molecule has 45 heavy (non-hydrogen) atoms. The standard InChI is InChI=1S/C33H40N4O7S/c1-4-22(2)19-36(45(42,43)28-15-13-26(34)14-16-28)20-30(39)29(17-24-9-6-5-7-10-24)35-32(40)31-21-37(33(41)44-31)27-12-8-11-25(18-27)23(3)38/h5-16,18,22,29-31,39H,4,17,19-21,34H2,1-3H3,(H,35,40)/t22-,29-,30+,31-/m0/s1. The van der Waals surface area contributed by atoms with Crippen molar-refractivity contribution in [2.45, 2.75) is 56.8 Å². The van der Waals surface area contributed by atoms with Crippen molar-refractivity contribution >= 4 is 39.2 Å². The number of carbonyl (C=O) groups is 3. The minimum atomic E-state index is -4.02. The van der Waals surface area contributed by atoms with Gasteiger partial charge in [-0.25, -0.2) is 13.2 Å². The topological polar surface area (TPSA) is 159 Å². The van der Waals surface area contributed by atoms with Crippen LogP contribution in [0.4, 0.5) is 16.2 Å². The molecular formula is C33H40N4O7S. The highest BCUT2D eigenvalue weighted by Crippen LogP contribution is 2.24. The van der Waals surface area contributed by atoms with Gasteiger partial charge in [0.05, 0.1) is 23.6 Å². The molecule has 3 aromatic carbocycles. The molecule has 240 valence electrons. The number of benzene rings is 3. The van der Waals surface area contributed by atoms with Crippen LogP contribution in [0, 0.1) is 5.92 Å². The van der Waals surface area contributed by atoms with Gasteiger partial charge in [0.25, 0.3) is 5.91 Å². The Morgan fingerprint density at radius 3 is 2.40 bits per heavy atom. The number of nitrogen functional groups attached to an aromatic ring is 1. The first-order chi connectivity index (χ1) is 21.4. The normalized spacial score (nSPS) is 17.0. The van der Waals surface area contributed by atoms with E-state index in [-0.39, 0.29) is 42.7 Å². The number of aliphatic hydroxyl groups is 1. The van der Waals surface area contributed by atoms with Crippen LogP contribution in [0.15, 0.2) is 83.8 Å². The molecule has 0 bridgehead atoms. The molecule has 2 amide bonds. The van der Waals surface area contributed by atoms with Gasteiger partial charge in [0, 0.05) is 30.0 Å². The third kappa shape index (κ3) is 8.47. The number of sulfonamides is 1. The van der Waals surface area contributed by atoms with E-state index in [2.05, 4.69) is 5.32 Å². The number of rotatable bonds is 14. The van der Waals surface area contributed by atoms with Gasteiger partial charge in [0.15, 0.2) is 11.9 Å². The number of Topliss-reactive ketones (excluding diaryl/α,β-unsaturated/α-hetero) is 1. The molecule has 0 radical (unpaired) electrons. The molecule has 12 heteroatoms. The molecule has 1 saturated heterocycles. The van der Waals surface area contributed by atoms with Crippen LogP contribution in [-0.2, 0) is 26.0 Å². The van der Waals surface area contributed by atoms with Crippen LogP contribution in [0.2, 0.25) is 0 Å². The van der Waals surface area contributed by atoms with E-state index < -0.39 is 40.3 Å². The Hall–Kier alpha value is -4.26. The fourth-order valence-corrected chi connectivity index (χ4v) is 6.58. The molecule has 1 heterocycles. The van der Waals surface area contributed by atoms with Gasteiger partial charge in [-0.05, 0) is 61.2 Å². The summed E-state index contributed by atoms with van der Waals surface area (Å²) in [7, 11) is -4.02. The van der Waals surface area contributed by atoms with Crippen molar-refractivity contribution in [1.82, 2.24) is 9.62 Å². The molecule has 4 N–H and O–H groups in total. The highest BCUT2D eigenvalue weighted by molar-refractivity contribution is 7.89. The highest BCUT2D eigenvalue weighted by atomic mass is 32.2. The van der Waals surface area contributed by atoms with Crippen molar-refractivity contribution in [3.8, 4) is 0 Å². The summed E-state index contributed by atoms with van der Waals surface area (Å²) >= 11 is 0. The lowest BCUT2D eigenvalue weighted by molar-refractivity contribution is -0.129. The van der Waals surface area contributed by atoms with Crippen LogP contribution in [0.3, 0.4) is 0 Å². The lowest BCUT2D eigenvalue weighted by atomic mass is 10.0. The van der Waals surface area contributed by atoms with E-state index in [0.29, 0.717) is 23.4 Å². The minimum Gasteiger partial charge on any atom is -0.434 e. The average molecular weight is 637 g/mol. The quantitative estimate of drug-likeness (QED) is 0.179.